The van der Waals surface area contributed by atoms with E-state index in [9.17, 15) is 0 Å². The van der Waals surface area contributed by atoms with E-state index in [0.29, 0.717) is 17.6 Å². The zero-order valence-electron chi connectivity index (χ0n) is 9.49. The summed E-state index contributed by atoms with van der Waals surface area (Å²) in [6.45, 7) is 0. The smallest absolute Gasteiger partial charge is 0.260 e. The lowest BCUT2D eigenvalue weighted by molar-refractivity contribution is 0.142. The molecule has 0 bridgehead atoms. The Kier molecular flexibility index (Phi) is 2.64. The maximum absolute atomic E-state index is 5.89. The van der Waals surface area contributed by atoms with Crippen LogP contribution in [-0.4, -0.2) is 31.7 Å². The topological polar surface area (TPSA) is 78.3 Å². The van der Waals surface area contributed by atoms with Gasteiger partial charge in [-0.2, -0.15) is 0 Å². The molecule has 90 valence electrons. The summed E-state index contributed by atoms with van der Waals surface area (Å²) in [4.78, 5) is 4.22. The van der Waals surface area contributed by atoms with Gasteiger partial charge in [0.25, 0.3) is 5.88 Å². The first-order valence-electron chi connectivity index (χ1n) is 5.89. The van der Waals surface area contributed by atoms with Crippen molar-refractivity contribution in [3.63, 3.8) is 0 Å². The van der Waals surface area contributed by atoms with Gasteiger partial charge in [-0.1, -0.05) is 0 Å². The Labute approximate surface area is 98.8 Å². The molecule has 0 amide bonds. The van der Waals surface area contributed by atoms with Crippen molar-refractivity contribution in [3.05, 3.63) is 18.7 Å². The fraction of sp³-hybridized carbons (Fsp3) is 0.545. The van der Waals surface area contributed by atoms with Crippen LogP contribution < -0.4 is 10.5 Å². The van der Waals surface area contributed by atoms with Crippen molar-refractivity contribution in [2.45, 2.75) is 37.8 Å². The summed E-state index contributed by atoms with van der Waals surface area (Å²) in [5, 5.41) is 7.84. The molecule has 0 saturated heterocycles. The van der Waals surface area contributed by atoms with Gasteiger partial charge in [0.1, 0.15) is 12.4 Å². The first kappa shape index (κ1) is 10.5. The number of ether oxygens (including phenoxy) is 1. The fourth-order valence-corrected chi connectivity index (χ4v) is 2.18. The molecule has 2 aromatic rings. The van der Waals surface area contributed by atoms with Crippen LogP contribution in [0.25, 0.3) is 5.65 Å². The first-order chi connectivity index (χ1) is 8.33. The molecule has 0 unspecified atom stereocenters. The molecule has 0 spiro atoms. The van der Waals surface area contributed by atoms with E-state index in [-0.39, 0.29) is 6.10 Å². The highest BCUT2D eigenvalue weighted by atomic mass is 16.5. The maximum atomic E-state index is 5.89. The van der Waals surface area contributed by atoms with Gasteiger partial charge in [-0.15, -0.1) is 10.2 Å². The van der Waals surface area contributed by atoms with Gasteiger partial charge in [-0.3, -0.25) is 4.40 Å². The fourth-order valence-electron chi connectivity index (χ4n) is 2.18. The highest BCUT2D eigenvalue weighted by Crippen LogP contribution is 2.23. The quantitative estimate of drug-likeness (QED) is 0.829. The third kappa shape index (κ3) is 2.08. The predicted molar refractivity (Wildman–Crippen MR) is 61.6 cm³/mol. The molecule has 0 radical (unpaired) electrons. The molecule has 0 aromatic carbocycles. The number of aromatic nitrogens is 4. The van der Waals surface area contributed by atoms with E-state index < -0.39 is 0 Å². The molecule has 2 heterocycles. The lowest BCUT2D eigenvalue weighted by atomic mass is 9.94. The molecule has 1 fully saturated rings. The molecule has 1 aliphatic carbocycles. The van der Waals surface area contributed by atoms with Gasteiger partial charge in [0.15, 0.2) is 0 Å². The van der Waals surface area contributed by atoms with Crippen LogP contribution in [-0.2, 0) is 0 Å². The van der Waals surface area contributed by atoms with Gasteiger partial charge >= 0.3 is 0 Å². The minimum atomic E-state index is 0.199. The zero-order valence-corrected chi connectivity index (χ0v) is 9.49. The Balaban J connectivity index is 1.78. The SMILES string of the molecule is NC1CCC(Oc2nccn3cnnc23)CC1. The van der Waals surface area contributed by atoms with Crippen LogP contribution in [0.2, 0.25) is 0 Å². The van der Waals surface area contributed by atoms with E-state index in [4.69, 9.17) is 10.5 Å². The number of hydrogen-bond donors (Lipinski definition) is 1. The van der Waals surface area contributed by atoms with Crippen LogP contribution in [0.3, 0.4) is 0 Å². The second kappa shape index (κ2) is 4.29. The summed E-state index contributed by atoms with van der Waals surface area (Å²) in [6.07, 6.45) is 9.34. The second-order valence-corrected chi connectivity index (χ2v) is 4.45. The average Bonchev–Trinajstić information content (AvgIpc) is 2.81. The van der Waals surface area contributed by atoms with Crippen LogP contribution in [0.5, 0.6) is 5.88 Å². The molecule has 0 atom stereocenters. The summed E-state index contributed by atoms with van der Waals surface area (Å²) in [5.74, 6) is 0.561. The van der Waals surface area contributed by atoms with Crippen molar-refractivity contribution in [3.8, 4) is 5.88 Å². The van der Waals surface area contributed by atoms with E-state index in [2.05, 4.69) is 15.2 Å². The number of rotatable bonds is 2. The van der Waals surface area contributed by atoms with E-state index in [1.165, 1.54) is 0 Å². The molecule has 1 aliphatic rings. The summed E-state index contributed by atoms with van der Waals surface area (Å²) in [7, 11) is 0. The van der Waals surface area contributed by atoms with Gasteiger partial charge < -0.3 is 10.5 Å². The Hall–Kier alpha value is -1.69. The van der Waals surface area contributed by atoms with Crippen LogP contribution >= 0.6 is 0 Å². The molecule has 2 aromatic heterocycles. The van der Waals surface area contributed by atoms with Crippen LogP contribution in [0, 0.1) is 0 Å². The average molecular weight is 233 g/mol. The molecule has 0 aliphatic heterocycles. The molecule has 3 rings (SSSR count). The second-order valence-electron chi connectivity index (χ2n) is 4.45. The molecule has 6 heteroatoms. The Morgan fingerprint density at radius 3 is 2.94 bits per heavy atom. The third-order valence-corrected chi connectivity index (χ3v) is 3.18. The van der Waals surface area contributed by atoms with E-state index in [0.717, 1.165) is 25.7 Å². The maximum Gasteiger partial charge on any atom is 0.260 e. The summed E-state index contributed by atoms with van der Waals surface area (Å²) in [6, 6.07) is 0.326. The third-order valence-electron chi connectivity index (χ3n) is 3.18. The molecule has 17 heavy (non-hydrogen) atoms. The lowest BCUT2D eigenvalue weighted by Crippen LogP contribution is -2.31. The monoisotopic (exact) mass is 233 g/mol. The van der Waals surface area contributed by atoms with Crippen molar-refractivity contribution in [1.29, 1.82) is 0 Å². The van der Waals surface area contributed by atoms with E-state index in [1.54, 1.807) is 23.1 Å². The zero-order chi connectivity index (χ0) is 11.7. The van der Waals surface area contributed by atoms with Gasteiger partial charge in [0.05, 0.1) is 0 Å². The van der Waals surface area contributed by atoms with Gasteiger partial charge in [-0.25, -0.2) is 4.98 Å². The van der Waals surface area contributed by atoms with Crippen LogP contribution in [0.15, 0.2) is 18.7 Å². The molecule has 2 N–H and O–H groups in total. The normalized spacial score (nSPS) is 25.0. The van der Waals surface area contributed by atoms with E-state index in [1.807, 2.05) is 0 Å². The van der Waals surface area contributed by atoms with Crippen molar-refractivity contribution in [2.75, 3.05) is 0 Å². The largest absolute Gasteiger partial charge is 0.472 e. The molecule has 6 nitrogen and oxygen atoms in total. The van der Waals surface area contributed by atoms with Crippen molar-refractivity contribution < 1.29 is 4.74 Å². The van der Waals surface area contributed by atoms with Gasteiger partial charge in [-0.05, 0) is 25.7 Å². The number of fused-ring (bicyclic) bond motifs is 1. The Morgan fingerprint density at radius 1 is 1.29 bits per heavy atom. The minimum Gasteiger partial charge on any atom is -0.472 e. The van der Waals surface area contributed by atoms with Gasteiger partial charge in [0.2, 0.25) is 5.65 Å². The number of hydrogen-bond acceptors (Lipinski definition) is 5. The molecule has 1 saturated carbocycles. The van der Waals surface area contributed by atoms with Gasteiger partial charge in [0, 0.05) is 18.4 Å². The highest BCUT2D eigenvalue weighted by Gasteiger charge is 2.21. The van der Waals surface area contributed by atoms with E-state index >= 15 is 0 Å². The van der Waals surface area contributed by atoms with Crippen molar-refractivity contribution >= 4 is 5.65 Å². The molecular formula is C11H15N5O. The summed E-state index contributed by atoms with van der Waals surface area (Å²) >= 11 is 0. The number of nitrogens with two attached hydrogens (primary N) is 1. The lowest BCUT2D eigenvalue weighted by Gasteiger charge is -2.26. The summed E-state index contributed by atoms with van der Waals surface area (Å²) in [5.41, 5.74) is 6.54. The summed E-state index contributed by atoms with van der Waals surface area (Å²) < 4.78 is 7.69. The highest BCUT2D eigenvalue weighted by molar-refractivity contribution is 5.47. The minimum absolute atomic E-state index is 0.199. The van der Waals surface area contributed by atoms with Crippen LogP contribution in [0.4, 0.5) is 0 Å². The van der Waals surface area contributed by atoms with Crippen LogP contribution in [0.1, 0.15) is 25.7 Å². The first-order valence-corrected chi connectivity index (χ1v) is 5.89. The predicted octanol–water partition coefficient (Wildman–Crippen LogP) is 0.773. The standard InChI is InChI=1S/C11H15N5O/c12-8-1-3-9(4-2-8)17-11-10-15-14-7-16(10)6-5-13-11/h5-9H,1-4,12H2. The van der Waals surface area contributed by atoms with Crippen molar-refractivity contribution in [2.24, 2.45) is 5.73 Å². The Bertz CT molecular complexity index is 503. The Morgan fingerprint density at radius 2 is 2.12 bits per heavy atom. The van der Waals surface area contributed by atoms with Crippen molar-refractivity contribution in [1.82, 2.24) is 19.6 Å². The molecular weight excluding hydrogens is 218 g/mol. The number of nitrogens with zero attached hydrogens (tertiary/aromatic N) is 4.